The second-order valence-electron chi connectivity index (χ2n) is 6.95. The van der Waals surface area contributed by atoms with E-state index in [-0.39, 0.29) is 6.04 Å². The van der Waals surface area contributed by atoms with Crippen molar-refractivity contribution in [2.45, 2.75) is 56.9 Å². The molecule has 0 bridgehead atoms. The summed E-state index contributed by atoms with van der Waals surface area (Å²) >= 11 is 0. The van der Waals surface area contributed by atoms with Crippen LogP contribution >= 0.6 is 0 Å². The highest BCUT2D eigenvalue weighted by atomic mass is 15.2. The van der Waals surface area contributed by atoms with Crippen LogP contribution < -0.4 is 16.4 Å². The number of anilines is 2. The standard InChI is InChI=1S/C16H25N5/c17-11-7-8-21(9-11)15-13-6-5-10-3-1-2-4-12(10)14(13)19-16(18)20-15/h10-12H,1-9,17H2,(H2,18,19,20)/t10-,11+,12+/m0/s1. The predicted octanol–water partition coefficient (Wildman–Crippen LogP) is 1.82. The van der Waals surface area contributed by atoms with Gasteiger partial charge in [-0.15, -0.1) is 0 Å². The fourth-order valence-electron chi connectivity index (χ4n) is 4.54. The molecular formula is C16H25N5. The zero-order valence-electron chi connectivity index (χ0n) is 12.6. The zero-order chi connectivity index (χ0) is 14.4. The molecule has 1 aliphatic heterocycles. The van der Waals surface area contributed by atoms with Gasteiger partial charge in [0.15, 0.2) is 0 Å². The Balaban J connectivity index is 1.74. The maximum absolute atomic E-state index is 6.07. The third-order valence-corrected chi connectivity index (χ3v) is 5.58. The molecule has 3 aliphatic rings. The number of nitrogens with two attached hydrogens (primary N) is 2. The van der Waals surface area contributed by atoms with Gasteiger partial charge >= 0.3 is 0 Å². The van der Waals surface area contributed by atoms with E-state index in [9.17, 15) is 0 Å². The van der Waals surface area contributed by atoms with Crippen molar-refractivity contribution in [2.75, 3.05) is 23.7 Å². The molecule has 4 rings (SSSR count). The minimum absolute atomic E-state index is 0.267. The van der Waals surface area contributed by atoms with Gasteiger partial charge in [-0.3, -0.25) is 0 Å². The summed E-state index contributed by atoms with van der Waals surface area (Å²) in [6, 6.07) is 0.267. The van der Waals surface area contributed by atoms with Crippen molar-refractivity contribution < 1.29 is 0 Å². The normalized spacial score (nSPS) is 31.9. The summed E-state index contributed by atoms with van der Waals surface area (Å²) < 4.78 is 0. The molecule has 0 radical (unpaired) electrons. The first kappa shape index (κ1) is 13.3. The van der Waals surface area contributed by atoms with Crippen molar-refractivity contribution in [3.05, 3.63) is 11.3 Å². The number of nitrogens with zero attached hydrogens (tertiary/aromatic N) is 3. The number of aromatic nitrogens is 2. The van der Waals surface area contributed by atoms with Gasteiger partial charge in [0.1, 0.15) is 5.82 Å². The lowest BCUT2D eigenvalue weighted by Crippen LogP contribution is -2.31. The second-order valence-corrected chi connectivity index (χ2v) is 6.95. The first-order valence-electron chi connectivity index (χ1n) is 8.39. The molecule has 2 heterocycles. The van der Waals surface area contributed by atoms with Crippen LogP contribution in [0, 0.1) is 5.92 Å². The van der Waals surface area contributed by atoms with E-state index in [1.54, 1.807) is 0 Å². The maximum Gasteiger partial charge on any atom is 0.222 e. The first-order chi connectivity index (χ1) is 10.2. The van der Waals surface area contributed by atoms with Gasteiger partial charge in [-0.1, -0.05) is 12.8 Å². The van der Waals surface area contributed by atoms with Crippen LogP contribution in [0.3, 0.4) is 0 Å². The lowest BCUT2D eigenvalue weighted by molar-refractivity contribution is 0.270. The Morgan fingerprint density at radius 2 is 1.90 bits per heavy atom. The van der Waals surface area contributed by atoms with Crippen molar-refractivity contribution in [3.8, 4) is 0 Å². The van der Waals surface area contributed by atoms with Crippen molar-refractivity contribution in [2.24, 2.45) is 11.7 Å². The first-order valence-corrected chi connectivity index (χ1v) is 8.39. The lowest BCUT2D eigenvalue weighted by Gasteiger charge is -2.37. The molecule has 1 saturated carbocycles. The van der Waals surface area contributed by atoms with Crippen LogP contribution in [0.4, 0.5) is 11.8 Å². The number of fused-ring (bicyclic) bond motifs is 3. The number of nitrogen functional groups attached to an aromatic ring is 1. The molecule has 1 aromatic heterocycles. The van der Waals surface area contributed by atoms with Gasteiger partial charge < -0.3 is 16.4 Å². The number of hydrogen-bond acceptors (Lipinski definition) is 5. The highest BCUT2D eigenvalue weighted by Gasteiger charge is 2.36. The Morgan fingerprint density at radius 1 is 1.05 bits per heavy atom. The van der Waals surface area contributed by atoms with Gasteiger partial charge in [0.25, 0.3) is 0 Å². The van der Waals surface area contributed by atoms with Crippen molar-refractivity contribution in [3.63, 3.8) is 0 Å². The van der Waals surface area contributed by atoms with Gasteiger partial charge in [-0.2, -0.15) is 4.98 Å². The molecular weight excluding hydrogens is 262 g/mol. The smallest absolute Gasteiger partial charge is 0.222 e. The monoisotopic (exact) mass is 287 g/mol. The second kappa shape index (κ2) is 5.13. The average molecular weight is 287 g/mol. The fraction of sp³-hybridized carbons (Fsp3) is 0.750. The molecule has 1 saturated heterocycles. The average Bonchev–Trinajstić information content (AvgIpc) is 2.93. The number of hydrogen-bond donors (Lipinski definition) is 2. The van der Waals surface area contributed by atoms with Crippen LogP contribution in [0.2, 0.25) is 0 Å². The summed E-state index contributed by atoms with van der Waals surface area (Å²) in [6.45, 7) is 1.90. The van der Waals surface area contributed by atoms with Crippen LogP contribution in [-0.4, -0.2) is 29.1 Å². The summed E-state index contributed by atoms with van der Waals surface area (Å²) in [4.78, 5) is 11.6. The van der Waals surface area contributed by atoms with Gasteiger partial charge in [-0.25, -0.2) is 4.98 Å². The third-order valence-electron chi connectivity index (χ3n) is 5.58. The number of rotatable bonds is 1. The van der Waals surface area contributed by atoms with Crippen LogP contribution in [0.1, 0.15) is 55.7 Å². The lowest BCUT2D eigenvalue weighted by atomic mass is 9.70. The SMILES string of the molecule is Nc1nc2c(c(N3CC[C@@H](N)C3)n1)CC[C@@H]1CCCC[C@@H]21. The minimum atomic E-state index is 0.267. The molecule has 1 aromatic rings. The van der Waals surface area contributed by atoms with Crippen LogP contribution in [-0.2, 0) is 6.42 Å². The van der Waals surface area contributed by atoms with E-state index < -0.39 is 0 Å². The van der Waals surface area contributed by atoms with E-state index in [4.69, 9.17) is 11.5 Å². The summed E-state index contributed by atoms with van der Waals surface area (Å²) in [5, 5.41) is 0. The minimum Gasteiger partial charge on any atom is -0.368 e. The molecule has 2 fully saturated rings. The molecule has 114 valence electrons. The molecule has 0 unspecified atom stereocenters. The Bertz CT molecular complexity index is 526. The van der Waals surface area contributed by atoms with E-state index in [0.717, 1.165) is 37.7 Å². The molecule has 0 aromatic carbocycles. The maximum atomic E-state index is 6.07. The van der Waals surface area contributed by atoms with Gasteiger partial charge in [0.2, 0.25) is 5.95 Å². The highest BCUT2D eigenvalue weighted by Crippen LogP contribution is 2.46. The van der Waals surface area contributed by atoms with Crippen LogP contribution in [0.15, 0.2) is 0 Å². The summed E-state index contributed by atoms with van der Waals surface area (Å²) in [7, 11) is 0. The van der Waals surface area contributed by atoms with Crippen LogP contribution in [0.5, 0.6) is 0 Å². The van der Waals surface area contributed by atoms with Gasteiger partial charge in [-0.05, 0) is 38.0 Å². The van der Waals surface area contributed by atoms with Gasteiger partial charge in [0, 0.05) is 30.6 Å². The summed E-state index contributed by atoms with van der Waals surface area (Å²) in [5.41, 5.74) is 14.7. The van der Waals surface area contributed by atoms with Crippen LogP contribution in [0.25, 0.3) is 0 Å². The quantitative estimate of drug-likeness (QED) is 0.823. The molecule has 3 atom stereocenters. The third kappa shape index (κ3) is 2.27. The summed E-state index contributed by atoms with van der Waals surface area (Å²) in [6.07, 6.45) is 8.78. The molecule has 4 N–H and O–H groups in total. The predicted molar refractivity (Wildman–Crippen MR) is 84.3 cm³/mol. The summed E-state index contributed by atoms with van der Waals surface area (Å²) in [5.74, 6) is 2.95. The topological polar surface area (TPSA) is 81.1 Å². The molecule has 21 heavy (non-hydrogen) atoms. The van der Waals surface area contributed by atoms with E-state index in [2.05, 4.69) is 14.9 Å². The molecule has 2 aliphatic carbocycles. The van der Waals surface area contributed by atoms with Gasteiger partial charge in [0.05, 0.1) is 5.69 Å². The van der Waals surface area contributed by atoms with E-state index in [1.165, 1.54) is 43.4 Å². The van der Waals surface area contributed by atoms with Crippen molar-refractivity contribution in [1.82, 2.24) is 9.97 Å². The van der Waals surface area contributed by atoms with Crippen molar-refractivity contribution in [1.29, 1.82) is 0 Å². The van der Waals surface area contributed by atoms with E-state index >= 15 is 0 Å². The fourth-order valence-corrected chi connectivity index (χ4v) is 4.54. The Hall–Kier alpha value is -1.36. The molecule has 0 amide bonds. The largest absolute Gasteiger partial charge is 0.368 e. The molecule has 5 nitrogen and oxygen atoms in total. The van der Waals surface area contributed by atoms with Crippen molar-refractivity contribution >= 4 is 11.8 Å². The highest BCUT2D eigenvalue weighted by molar-refractivity contribution is 5.54. The molecule has 5 heteroatoms. The molecule has 0 spiro atoms. The Morgan fingerprint density at radius 3 is 2.71 bits per heavy atom. The van der Waals surface area contributed by atoms with E-state index in [1.807, 2.05) is 0 Å². The zero-order valence-corrected chi connectivity index (χ0v) is 12.6. The Labute approximate surface area is 126 Å². The Kier molecular flexibility index (Phi) is 3.25. The van der Waals surface area contributed by atoms with E-state index in [0.29, 0.717) is 11.9 Å².